The van der Waals surface area contributed by atoms with E-state index in [1.165, 1.54) is 12.8 Å². The molecule has 2 aliphatic rings. The van der Waals surface area contributed by atoms with E-state index in [2.05, 4.69) is 18.7 Å². The highest BCUT2D eigenvalue weighted by molar-refractivity contribution is 5.81. The fraction of sp³-hybridized carbons (Fsp3) is 0.938. The number of nitrogens with zero attached hydrogens (tertiary/aromatic N) is 1. The van der Waals surface area contributed by atoms with Crippen LogP contribution in [0.3, 0.4) is 0 Å². The van der Waals surface area contributed by atoms with Crippen molar-refractivity contribution in [2.75, 3.05) is 26.2 Å². The molecule has 19 heavy (non-hydrogen) atoms. The second kappa shape index (κ2) is 7.39. The van der Waals surface area contributed by atoms with Gasteiger partial charge in [-0.2, -0.15) is 0 Å². The molecule has 3 unspecified atom stereocenters. The molecule has 0 radical (unpaired) electrons. The van der Waals surface area contributed by atoms with E-state index in [1.54, 1.807) is 0 Å². The van der Waals surface area contributed by atoms with Gasteiger partial charge in [-0.05, 0) is 32.1 Å². The lowest BCUT2D eigenvalue weighted by atomic mass is 9.78. The van der Waals surface area contributed by atoms with Crippen molar-refractivity contribution in [3.8, 4) is 0 Å². The van der Waals surface area contributed by atoms with Crippen LogP contribution in [0.25, 0.3) is 0 Å². The van der Waals surface area contributed by atoms with E-state index in [4.69, 9.17) is 4.74 Å². The Labute approximate surface area is 117 Å². The third-order valence-electron chi connectivity index (χ3n) is 4.58. The minimum Gasteiger partial charge on any atom is -0.377 e. The molecule has 2 fully saturated rings. The van der Waals surface area contributed by atoms with Crippen LogP contribution in [-0.4, -0.2) is 43.0 Å². The number of carbonyl (C=O) groups is 1. The van der Waals surface area contributed by atoms with Crippen LogP contribution in [0.4, 0.5) is 0 Å². The zero-order chi connectivity index (χ0) is 13.7. The maximum Gasteiger partial charge on any atom is 0.137 e. The second-order valence-corrected chi connectivity index (χ2v) is 6.39. The predicted octanol–water partition coefficient (Wildman–Crippen LogP) is 2.88. The minimum absolute atomic E-state index is 0.288. The van der Waals surface area contributed by atoms with E-state index < -0.39 is 0 Å². The van der Waals surface area contributed by atoms with E-state index in [9.17, 15) is 4.79 Å². The Kier molecular flexibility index (Phi) is 5.83. The molecule has 0 aromatic carbocycles. The molecule has 1 aliphatic heterocycles. The fourth-order valence-electron chi connectivity index (χ4n) is 3.61. The average molecular weight is 267 g/mol. The van der Waals surface area contributed by atoms with Crippen molar-refractivity contribution in [1.29, 1.82) is 0 Å². The van der Waals surface area contributed by atoms with Crippen LogP contribution in [0.2, 0.25) is 0 Å². The van der Waals surface area contributed by atoms with Crippen LogP contribution in [0.15, 0.2) is 0 Å². The topological polar surface area (TPSA) is 29.5 Å². The lowest BCUT2D eigenvalue weighted by molar-refractivity contribution is -0.126. The Balaban J connectivity index is 1.86. The lowest BCUT2D eigenvalue weighted by Gasteiger charge is -2.32. The van der Waals surface area contributed by atoms with E-state index in [1.807, 2.05) is 0 Å². The normalized spacial score (nSPS) is 34.2. The average Bonchev–Trinajstić information content (AvgIpc) is 2.58. The lowest BCUT2D eigenvalue weighted by Crippen LogP contribution is -2.39. The zero-order valence-corrected chi connectivity index (χ0v) is 12.6. The summed E-state index contributed by atoms with van der Waals surface area (Å²) in [6.45, 7) is 8.30. The van der Waals surface area contributed by atoms with Crippen molar-refractivity contribution in [2.45, 2.75) is 58.5 Å². The molecule has 1 saturated carbocycles. The molecule has 0 aromatic heterocycles. The van der Waals surface area contributed by atoms with Crippen LogP contribution in [0, 0.1) is 11.8 Å². The van der Waals surface area contributed by atoms with Gasteiger partial charge in [0.1, 0.15) is 5.78 Å². The van der Waals surface area contributed by atoms with Crippen LogP contribution in [0.1, 0.15) is 52.4 Å². The van der Waals surface area contributed by atoms with Crippen molar-refractivity contribution >= 4 is 5.78 Å². The van der Waals surface area contributed by atoms with E-state index >= 15 is 0 Å². The van der Waals surface area contributed by atoms with Gasteiger partial charge in [0.15, 0.2) is 0 Å². The fourth-order valence-corrected chi connectivity index (χ4v) is 3.61. The number of ketones is 1. The van der Waals surface area contributed by atoms with Gasteiger partial charge in [0.25, 0.3) is 0 Å². The van der Waals surface area contributed by atoms with Gasteiger partial charge < -0.3 is 4.74 Å². The molecule has 3 nitrogen and oxygen atoms in total. The Hall–Kier alpha value is -0.410. The molecule has 1 heterocycles. The first-order chi connectivity index (χ1) is 9.19. The van der Waals surface area contributed by atoms with Gasteiger partial charge >= 0.3 is 0 Å². The molecule has 0 spiro atoms. The molecule has 1 aliphatic carbocycles. The number of Topliss-reactive ketones (excluding diaryl/α,β-unsaturated/α-hetero) is 1. The number of hydrogen-bond acceptors (Lipinski definition) is 3. The number of ether oxygens (including phenoxy) is 1. The van der Waals surface area contributed by atoms with Crippen molar-refractivity contribution in [3.05, 3.63) is 0 Å². The largest absolute Gasteiger partial charge is 0.377 e. The smallest absolute Gasteiger partial charge is 0.137 e. The quantitative estimate of drug-likeness (QED) is 0.784. The highest BCUT2D eigenvalue weighted by Gasteiger charge is 2.30. The molecule has 0 N–H and O–H groups in total. The second-order valence-electron chi connectivity index (χ2n) is 6.39. The minimum atomic E-state index is 0.288. The maximum atomic E-state index is 12.1. The molecule has 0 amide bonds. The third-order valence-corrected chi connectivity index (χ3v) is 4.58. The molecule has 1 saturated heterocycles. The first-order valence-corrected chi connectivity index (χ1v) is 8.05. The Morgan fingerprint density at radius 1 is 1.42 bits per heavy atom. The summed E-state index contributed by atoms with van der Waals surface area (Å²) in [4.78, 5) is 14.6. The molecular formula is C16H29NO2. The monoisotopic (exact) mass is 267 g/mol. The van der Waals surface area contributed by atoms with Gasteiger partial charge in [-0.15, -0.1) is 0 Å². The van der Waals surface area contributed by atoms with Crippen LogP contribution < -0.4 is 0 Å². The van der Waals surface area contributed by atoms with Gasteiger partial charge in [-0.3, -0.25) is 9.69 Å². The van der Waals surface area contributed by atoms with Crippen LogP contribution in [-0.2, 0) is 9.53 Å². The summed E-state index contributed by atoms with van der Waals surface area (Å²) in [6, 6.07) is 0. The highest BCUT2D eigenvalue weighted by atomic mass is 16.5. The van der Waals surface area contributed by atoms with Gasteiger partial charge in [0.05, 0.1) is 6.10 Å². The summed E-state index contributed by atoms with van der Waals surface area (Å²) in [7, 11) is 0. The summed E-state index contributed by atoms with van der Waals surface area (Å²) in [5.41, 5.74) is 0. The standard InChI is InChI=1S/C16H29NO2/c1-3-5-14-6-7-16(18)15(10-14)12-17-8-4-9-19-13(2)11-17/h13-15H,3-12H2,1-2H3. The van der Waals surface area contributed by atoms with E-state index in [-0.39, 0.29) is 5.92 Å². The Morgan fingerprint density at radius 3 is 3.05 bits per heavy atom. The summed E-state index contributed by atoms with van der Waals surface area (Å²) in [5.74, 6) is 1.58. The molecule has 0 bridgehead atoms. The molecule has 3 atom stereocenters. The number of rotatable bonds is 4. The van der Waals surface area contributed by atoms with Crippen molar-refractivity contribution in [3.63, 3.8) is 0 Å². The summed E-state index contributed by atoms with van der Waals surface area (Å²) in [5, 5.41) is 0. The zero-order valence-electron chi connectivity index (χ0n) is 12.6. The number of carbonyl (C=O) groups excluding carboxylic acids is 1. The molecule has 3 heteroatoms. The summed E-state index contributed by atoms with van der Waals surface area (Å²) in [6.07, 6.45) is 7.02. The maximum absolute atomic E-state index is 12.1. The number of hydrogen-bond donors (Lipinski definition) is 0. The Bertz CT molecular complexity index is 292. The molecule has 0 aromatic rings. The van der Waals surface area contributed by atoms with Crippen LogP contribution >= 0.6 is 0 Å². The molecule has 2 rings (SSSR count). The predicted molar refractivity (Wildman–Crippen MR) is 77.2 cm³/mol. The van der Waals surface area contributed by atoms with E-state index in [0.29, 0.717) is 11.9 Å². The summed E-state index contributed by atoms with van der Waals surface area (Å²) < 4.78 is 5.68. The van der Waals surface area contributed by atoms with Crippen LogP contribution in [0.5, 0.6) is 0 Å². The third kappa shape index (κ3) is 4.57. The molecular weight excluding hydrogens is 238 g/mol. The molecule has 110 valence electrons. The van der Waals surface area contributed by atoms with Gasteiger partial charge in [0.2, 0.25) is 0 Å². The van der Waals surface area contributed by atoms with Gasteiger partial charge in [-0.25, -0.2) is 0 Å². The Morgan fingerprint density at radius 2 is 2.26 bits per heavy atom. The first kappa shape index (κ1) is 15.0. The van der Waals surface area contributed by atoms with Gasteiger partial charge in [-0.1, -0.05) is 19.8 Å². The van der Waals surface area contributed by atoms with Crippen molar-refractivity contribution in [1.82, 2.24) is 4.90 Å². The van der Waals surface area contributed by atoms with Gasteiger partial charge in [0, 0.05) is 38.6 Å². The van der Waals surface area contributed by atoms with Crippen molar-refractivity contribution in [2.24, 2.45) is 11.8 Å². The SMILES string of the molecule is CCCC1CCC(=O)C(CN2CCCOC(C)C2)C1. The first-order valence-electron chi connectivity index (χ1n) is 8.05. The summed E-state index contributed by atoms with van der Waals surface area (Å²) >= 11 is 0. The van der Waals surface area contributed by atoms with E-state index in [0.717, 1.165) is 57.8 Å². The highest BCUT2D eigenvalue weighted by Crippen LogP contribution is 2.30. The van der Waals surface area contributed by atoms with Crippen molar-refractivity contribution < 1.29 is 9.53 Å².